The number of anilines is 1. The van der Waals surface area contributed by atoms with Crippen LogP contribution in [0, 0.1) is 0 Å². The summed E-state index contributed by atoms with van der Waals surface area (Å²) in [6.45, 7) is 0. The molecular formula is C27H18N6O4. The monoisotopic (exact) mass is 490 g/mol. The lowest BCUT2D eigenvalue weighted by Crippen LogP contribution is -2.13. The first-order chi connectivity index (χ1) is 18.0. The van der Waals surface area contributed by atoms with Crippen molar-refractivity contribution in [2.75, 3.05) is 5.32 Å². The number of pyridine rings is 2. The number of benzene rings is 2. The highest BCUT2D eigenvalue weighted by molar-refractivity contribution is 6.05. The third kappa shape index (κ3) is 3.92. The Balaban J connectivity index is 1.29. The molecule has 1 amide bonds. The standard InChI is InChI=1S/C27H18N6O4/c34-22-3-1-9-28-24(22)26(36)31-19-6-8-21-17(11-19)13-30-33(21)20-7-5-16-14-32(15-18(16)12-20)27(37)25-23(35)4-2-10-29-25/h1-15,34-35H,(H,31,36). The van der Waals surface area contributed by atoms with Crippen LogP contribution in [0.4, 0.5) is 5.69 Å². The number of aromatic nitrogens is 5. The van der Waals surface area contributed by atoms with Gasteiger partial charge in [0.2, 0.25) is 0 Å². The van der Waals surface area contributed by atoms with E-state index in [2.05, 4.69) is 20.4 Å². The van der Waals surface area contributed by atoms with Crippen LogP contribution >= 0.6 is 0 Å². The summed E-state index contributed by atoms with van der Waals surface area (Å²) in [6.07, 6.45) is 7.94. The highest BCUT2D eigenvalue weighted by Crippen LogP contribution is 2.26. The third-order valence-corrected chi connectivity index (χ3v) is 5.92. The molecule has 0 spiro atoms. The molecule has 10 nitrogen and oxygen atoms in total. The van der Waals surface area contributed by atoms with Crippen molar-refractivity contribution in [2.45, 2.75) is 0 Å². The fourth-order valence-electron chi connectivity index (χ4n) is 4.14. The Morgan fingerprint density at radius 2 is 1.51 bits per heavy atom. The van der Waals surface area contributed by atoms with Crippen LogP contribution in [0.1, 0.15) is 21.0 Å². The molecule has 6 aromatic rings. The van der Waals surface area contributed by atoms with E-state index < -0.39 is 11.8 Å². The minimum absolute atomic E-state index is 0.0257. The molecule has 0 saturated heterocycles. The van der Waals surface area contributed by atoms with Crippen LogP contribution < -0.4 is 5.32 Å². The maximum Gasteiger partial charge on any atom is 0.284 e. The van der Waals surface area contributed by atoms with Crippen molar-refractivity contribution in [3.8, 4) is 17.2 Å². The molecular weight excluding hydrogens is 472 g/mol. The van der Waals surface area contributed by atoms with E-state index in [-0.39, 0.29) is 22.9 Å². The van der Waals surface area contributed by atoms with Gasteiger partial charge in [0.1, 0.15) is 11.5 Å². The Morgan fingerprint density at radius 1 is 0.784 bits per heavy atom. The van der Waals surface area contributed by atoms with Crippen molar-refractivity contribution in [1.82, 2.24) is 24.3 Å². The van der Waals surface area contributed by atoms with E-state index in [9.17, 15) is 19.8 Å². The molecule has 0 aliphatic rings. The van der Waals surface area contributed by atoms with Crippen LogP contribution in [-0.2, 0) is 0 Å². The molecule has 0 atom stereocenters. The van der Waals surface area contributed by atoms with Crippen LogP contribution in [0.25, 0.3) is 27.4 Å². The fraction of sp³-hybridized carbons (Fsp3) is 0. The molecule has 180 valence electrons. The van der Waals surface area contributed by atoms with Gasteiger partial charge in [-0.25, -0.2) is 14.6 Å². The van der Waals surface area contributed by atoms with E-state index in [1.54, 1.807) is 47.5 Å². The second-order valence-electron chi connectivity index (χ2n) is 8.31. The van der Waals surface area contributed by atoms with Crippen molar-refractivity contribution < 1.29 is 19.8 Å². The number of amides is 1. The van der Waals surface area contributed by atoms with Gasteiger partial charge < -0.3 is 15.5 Å². The van der Waals surface area contributed by atoms with Gasteiger partial charge in [0, 0.05) is 46.6 Å². The molecule has 0 radical (unpaired) electrons. The Kier molecular flexibility index (Phi) is 5.12. The number of carbonyl (C=O) groups excluding carboxylic acids is 2. The average Bonchev–Trinajstić information content (AvgIpc) is 3.52. The third-order valence-electron chi connectivity index (χ3n) is 5.92. The largest absolute Gasteiger partial charge is 0.505 e. The molecule has 4 aromatic heterocycles. The number of aromatic hydroxyl groups is 2. The van der Waals surface area contributed by atoms with Crippen molar-refractivity contribution in [3.63, 3.8) is 0 Å². The summed E-state index contributed by atoms with van der Waals surface area (Å²) in [4.78, 5) is 33.2. The Labute approximate surface area is 209 Å². The van der Waals surface area contributed by atoms with Crippen LogP contribution in [0.15, 0.2) is 91.6 Å². The Bertz CT molecular complexity index is 1840. The molecule has 0 aliphatic carbocycles. The summed E-state index contributed by atoms with van der Waals surface area (Å²) in [5.41, 5.74) is 2.04. The second-order valence-corrected chi connectivity index (χ2v) is 8.31. The quantitative estimate of drug-likeness (QED) is 0.338. The number of rotatable bonds is 4. The molecule has 0 fully saturated rings. The minimum atomic E-state index is -0.520. The lowest BCUT2D eigenvalue weighted by molar-refractivity contribution is 0.0951. The number of hydrogen-bond donors (Lipinski definition) is 3. The van der Waals surface area contributed by atoms with Crippen LogP contribution in [0.5, 0.6) is 11.5 Å². The van der Waals surface area contributed by atoms with Gasteiger partial charge in [-0.1, -0.05) is 6.07 Å². The molecule has 6 rings (SSSR count). The molecule has 0 bridgehead atoms. The van der Waals surface area contributed by atoms with E-state index >= 15 is 0 Å². The molecule has 3 N–H and O–H groups in total. The molecule has 0 saturated carbocycles. The Morgan fingerprint density at radius 3 is 2.27 bits per heavy atom. The number of nitrogens with one attached hydrogen (secondary N) is 1. The van der Waals surface area contributed by atoms with Gasteiger partial charge in [-0.05, 0) is 54.6 Å². The number of carbonyl (C=O) groups is 2. The molecule has 4 heterocycles. The van der Waals surface area contributed by atoms with E-state index in [1.807, 2.05) is 24.3 Å². The first-order valence-electron chi connectivity index (χ1n) is 11.2. The molecule has 0 aliphatic heterocycles. The first-order valence-corrected chi connectivity index (χ1v) is 11.2. The number of hydrogen-bond acceptors (Lipinski definition) is 7. The fourth-order valence-corrected chi connectivity index (χ4v) is 4.14. The van der Waals surface area contributed by atoms with Crippen molar-refractivity contribution >= 4 is 39.2 Å². The molecule has 2 aromatic carbocycles. The van der Waals surface area contributed by atoms with Crippen LogP contribution in [0.3, 0.4) is 0 Å². The predicted octanol–water partition coefficient (Wildman–Crippen LogP) is 4.12. The number of nitrogens with zero attached hydrogens (tertiary/aromatic N) is 5. The van der Waals surface area contributed by atoms with Gasteiger partial charge in [-0.2, -0.15) is 5.10 Å². The van der Waals surface area contributed by atoms with E-state index in [0.717, 1.165) is 27.4 Å². The summed E-state index contributed by atoms with van der Waals surface area (Å²) in [5.74, 6) is -1.33. The molecule has 10 heteroatoms. The second kappa shape index (κ2) is 8.61. The van der Waals surface area contributed by atoms with Crippen LogP contribution in [-0.4, -0.2) is 46.3 Å². The van der Waals surface area contributed by atoms with Crippen molar-refractivity contribution in [1.29, 1.82) is 0 Å². The number of fused-ring (bicyclic) bond motifs is 2. The smallest absolute Gasteiger partial charge is 0.284 e. The first kappa shape index (κ1) is 22.0. The Hall–Kier alpha value is -5.51. The summed E-state index contributed by atoms with van der Waals surface area (Å²) < 4.78 is 3.15. The predicted molar refractivity (Wildman–Crippen MR) is 136 cm³/mol. The maximum absolute atomic E-state index is 12.8. The van der Waals surface area contributed by atoms with Gasteiger partial charge >= 0.3 is 0 Å². The normalized spacial score (nSPS) is 11.1. The summed E-state index contributed by atoms with van der Waals surface area (Å²) in [6, 6.07) is 17.0. The van der Waals surface area contributed by atoms with Gasteiger partial charge in [0.25, 0.3) is 11.8 Å². The highest BCUT2D eigenvalue weighted by atomic mass is 16.3. The van der Waals surface area contributed by atoms with Crippen molar-refractivity contribution in [2.24, 2.45) is 0 Å². The van der Waals surface area contributed by atoms with E-state index in [4.69, 9.17) is 0 Å². The summed E-state index contributed by atoms with van der Waals surface area (Å²) in [7, 11) is 0. The topological polar surface area (TPSA) is 135 Å². The SMILES string of the molecule is O=C(Nc1ccc2c(cnn2-c2ccc3cn(C(=O)c4ncccc4O)cc3c2)c1)c1ncccc1O. The van der Waals surface area contributed by atoms with Crippen LogP contribution in [0.2, 0.25) is 0 Å². The lowest BCUT2D eigenvalue weighted by atomic mass is 10.2. The molecule has 0 unspecified atom stereocenters. The molecule has 37 heavy (non-hydrogen) atoms. The highest BCUT2D eigenvalue weighted by Gasteiger charge is 2.16. The van der Waals surface area contributed by atoms with Crippen molar-refractivity contribution in [3.05, 3.63) is 103 Å². The summed E-state index contributed by atoms with van der Waals surface area (Å²) in [5, 5.41) is 29.5. The zero-order valence-electron chi connectivity index (χ0n) is 19.1. The maximum atomic E-state index is 12.8. The van der Waals surface area contributed by atoms with Gasteiger partial charge in [0.05, 0.1) is 17.4 Å². The summed E-state index contributed by atoms with van der Waals surface area (Å²) >= 11 is 0. The van der Waals surface area contributed by atoms with Gasteiger partial charge in [-0.15, -0.1) is 0 Å². The van der Waals surface area contributed by atoms with Gasteiger partial charge in [-0.3, -0.25) is 14.2 Å². The van der Waals surface area contributed by atoms with Gasteiger partial charge in [0.15, 0.2) is 11.4 Å². The zero-order chi connectivity index (χ0) is 25.5. The average molecular weight is 490 g/mol. The van der Waals surface area contributed by atoms with E-state index in [0.29, 0.717) is 5.69 Å². The zero-order valence-corrected chi connectivity index (χ0v) is 19.1. The minimum Gasteiger partial charge on any atom is -0.505 e. The van der Waals surface area contributed by atoms with E-state index in [1.165, 1.54) is 29.1 Å². The lowest BCUT2D eigenvalue weighted by Gasteiger charge is -2.07.